The minimum Gasteiger partial charge on any atom is -0.305 e. The summed E-state index contributed by atoms with van der Waals surface area (Å²) in [5.41, 5.74) is 1.54. The number of benzene rings is 8. The molecule has 1 aliphatic carbocycles. The highest BCUT2D eigenvalue weighted by Gasteiger charge is 2.39. The third-order valence-electron chi connectivity index (χ3n) is 12.3. The summed E-state index contributed by atoms with van der Waals surface area (Å²) in [7, 11) is 0. The van der Waals surface area contributed by atoms with E-state index in [4.69, 9.17) is 0 Å². The summed E-state index contributed by atoms with van der Waals surface area (Å²) < 4.78 is 132. The van der Waals surface area contributed by atoms with Gasteiger partial charge in [0.05, 0.1) is 11.1 Å². The second-order valence-corrected chi connectivity index (χ2v) is 17.1. The molecule has 0 unspecified atom stereocenters. The van der Waals surface area contributed by atoms with E-state index in [9.17, 15) is 0 Å². The zero-order chi connectivity index (χ0) is 46.2. The Morgan fingerprint density at radius 3 is 0.815 bits per heavy atom. The zero-order valence-electron chi connectivity index (χ0n) is 36.1. The number of halogens is 8. The van der Waals surface area contributed by atoms with Crippen LogP contribution in [0.25, 0.3) is 33.4 Å². The van der Waals surface area contributed by atoms with E-state index < -0.39 is 74.5 Å². The van der Waals surface area contributed by atoms with Crippen molar-refractivity contribution < 1.29 is 35.1 Å². The molecule has 8 aromatic carbocycles. The van der Waals surface area contributed by atoms with E-state index in [0.717, 1.165) is 32.1 Å². The van der Waals surface area contributed by atoms with Gasteiger partial charge < -0.3 is 9.80 Å². The van der Waals surface area contributed by atoms with E-state index >= 15 is 35.1 Å². The molecule has 0 aromatic heterocycles. The predicted octanol–water partition coefficient (Wildman–Crippen LogP) is 16.6. The molecule has 0 atom stereocenters. The molecule has 2 nitrogen and oxygen atoms in total. The fourth-order valence-electron chi connectivity index (χ4n) is 8.78. The fraction of sp³-hybridized carbons (Fsp3) is 0.127. The Kier molecular flexibility index (Phi) is 10.7. The van der Waals surface area contributed by atoms with Crippen LogP contribution in [0.15, 0.2) is 133 Å². The molecule has 0 spiro atoms. The van der Waals surface area contributed by atoms with Crippen molar-refractivity contribution in [2.24, 2.45) is 0 Å². The van der Waals surface area contributed by atoms with Gasteiger partial charge in [-0.1, -0.05) is 109 Å². The van der Waals surface area contributed by atoms with Crippen molar-refractivity contribution in [1.82, 2.24) is 0 Å². The molecule has 65 heavy (non-hydrogen) atoms. The minimum absolute atomic E-state index is 0.162. The normalized spacial score (nSPS) is 12.6. The van der Waals surface area contributed by atoms with Crippen LogP contribution in [0.5, 0.6) is 0 Å². The maximum Gasteiger partial charge on any atom is 0.186 e. The molecule has 0 N–H and O–H groups in total. The van der Waals surface area contributed by atoms with Crippen molar-refractivity contribution in [2.75, 3.05) is 9.80 Å². The Balaban J connectivity index is 1.12. The highest BCUT2D eigenvalue weighted by molar-refractivity contribution is 5.88. The number of rotatable bonds is 8. The number of hydrogen-bond donors (Lipinski definition) is 0. The number of fused-ring (bicyclic) bond motifs is 3. The average Bonchev–Trinajstić information content (AvgIpc) is 3.51. The van der Waals surface area contributed by atoms with Crippen LogP contribution in [-0.2, 0) is 5.41 Å². The molecule has 0 bridgehead atoms. The van der Waals surface area contributed by atoms with E-state index in [1.54, 1.807) is 123 Å². The van der Waals surface area contributed by atoms with Gasteiger partial charge >= 0.3 is 0 Å². The lowest BCUT2D eigenvalue weighted by molar-refractivity contribution is 0.461. The van der Waals surface area contributed by atoms with E-state index in [0.29, 0.717) is 22.3 Å². The summed E-state index contributed by atoms with van der Waals surface area (Å²) in [6.07, 6.45) is 0. The maximum absolute atomic E-state index is 16.5. The number of aryl methyl sites for hydroxylation is 4. The van der Waals surface area contributed by atoms with Gasteiger partial charge in [0.1, 0.15) is 11.4 Å². The summed E-state index contributed by atoms with van der Waals surface area (Å²) in [5.74, 6) is -12.9. The summed E-state index contributed by atoms with van der Waals surface area (Å²) >= 11 is 0. The standard InChI is InChI=1S/C55H40F8N2/c1-29-7-17-35(18-8-29)64(36-19-9-30(2)10-20-36)53-49(60)45(56)43(46(57)50(53)61)33-15-25-39-40-26-16-34(28-42(40)55(5,6)41(39)27-33)44-47(58)51(62)54(52(63)48(44)59)65(37-21-11-31(3)12-22-37)38-23-13-32(4)14-24-38/h7-28H,1-6H3. The molecular formula is C55H40F8N2. The largest absolute Gasteiger partial charge is 0.305 e. The number of anilines is 6. The molecule has 8 aromatic rings. The maximum atomic E-state index is 16.5. The van der Waals surface area contributed by atoms with Gasteiger partial charge in [0, 0.05) is 28.2 Å². The van der Waals surface area contributed by atoms with Crippen LogP contribution in [-0.4, -0.2) is 0 Å². The zero-order valence-corrected chi connectivity index (χ0v) is 36.1. The molecule has 0 saturated carbocycles. The first-order chi connectivity index (χ1) is 31.0. The van der Waals surface area contributed by atoms with E-state index in [-0.39, 0.29) is 33.9 Å². The van der Waals surface area contributed by atoms with Gasteiger partial charge in [0.15, 0.2) is 46.5 Å². The molecule has 9 rings (SSSR count). The second-order valence-electron chi connectivity index (χ2n) is 17.1. The van der Waals surface area contributed by atoms with Crippen molar-refractivity contribution in [3.8, 4) is 33.4 Å². The first-order valence-electron chi connectivity index (χ1n) is 20.9. The van der Waals surface area contributed by atoms with Gasteiger partial charge in [-0.2, -0.15) is 0 Å². The van der Waals surface area contributed by atoms with Crippen molar-refractivity contribution >= 4 is 34.1 Å². The smallest absolute Gasteiger partial charge is 0.186 e. The lowest BCUT2D eigenvalue weighted by atomic mass is 9.80. The summed E-state index contributed by atoms with van der Waals surface area (Å²) in [6, 6.07) is 35.1. The molecule has 326 valence electrons. The Morgan fingerprint density at radius 2 is 0.569 bits per heavy atom. The molecule has 10 heteroatoms. The predicted molar refractivity (Wildman–Crippen MR) is 243 cm³/mol. The van der Waals surface area contributed by atoms with Crippen molar-refractivity contribution in [1.29, 1.82) is 0 Å². The van der Waals surface area contributed by atoms with Gasteiger partial charge in [-0.25, -0.2) is 35.1 Å². The van der Waals surface area contributed by atoms with Crippen molar-refractivity contribution in [3.63, 3.8) is 0 Å². The van der Waals surface area contributed by atoms with E-state index in [1.165, 1.54) is 24.3 Å². The first-order valence-corrected chi connectivity index (χ1v) is 20.9. The molecule has 0 fully saturated rings. The highest BCUT2D eigenvalue weighted by Crippen LogP contribution is 2.53. The van der Waals surface area contributed by atoms with Crippen LogP contribution in [0.2, 0.25) is 0 Å². The van der Waals surface area contributed by atoms with Crippen LogP contribution >= 0.6 is 0 Å². The molecule has 0 saturated heterocycles. The Bertz CT molecular complexity index is 2810. The Hall–Kier alpha value is -7.20. The molecule has 0 heterocycles. The third kappa shape index (κ3) is 7.12. The Labute approximate surface area is 371 Å². The third-order valence-corrected chi connectivity index (χ3v) is 12.3. The lowest BCUT2D eigenvalue weighted by Gasteiger charge is -2.27. The van der Waals surface area contributed by atoms with Gasteiger partial charge in [0.25, 0.3) is 0 Å². The van der Waals surface area contributed by atoms with Crippen LogP contribution in [0.4, 0.5) is 69.2 Å². The summed E-state index contributed by atoms with van der Waals surface area (Å²) in [4.78, 5) is 2.25. The molecule has 0 amide bonds. The van der Waals surface area contributed by atoms with Crippen molar-refractivity contribution in [3.05, 3.63) is 213 Å². The van der Waals surface area contributed by atoms with Crippen LogP contribution in [0, 0.1) is 74.2 Å². The quantitative estimate of drug-likeness (QED) is 0.111. The van der Waals surface area contributed by atoms with Crippen LogP contribution in [0.3, 0.4) is 0 Å². The lowest BCUT2D eigenvalue weighted by Crippen LogP contribution is -2.17. The van der Waals surface area contributed by atoms with Gasteiger partial charge in [-0.3, -0.25) is 0 Å². The molecule has 0 aliphatic heterocycles. The minimum atomic E-state index is -1.61. The van der Waals surface area contributed by atoms with E-state index in [2.05, 4.69) is 0 Å². The van der Waals surface area contributed by atoms with E-state index in [1.807, 2.05) is 27.7 Å². The molecule has 0 radical (unpaired) electrons. The fourth-order valence-corrected chi connectivity index (χ4v) is 8.78. The van der Waals surface area contributed by atoms with Gasteiger partial charge in [-0.05, 0) is 122 Å². The van der Waals surface area contributed by atoms with Crippen LogP contribution in [0.1, 0.15) is 47.2 Å². The molecule has 1 aliphatic rings. The Morgan fingerprint density at radius 1 is 0.323 bits per heavy atom. The SMILES string of the molecule is Cc1ccc(N(c2ccc(C)cc2)c2c(F)c(F)c(-c3ccc4c(c3)C(C)(C)c3cc(-c5c(F)c(F)c(N(c6ccc(C)cc6)c6ccc(C)cc6)c(F)c5F)ccc3-4)c(F)c2F)cc1. The number of hydrogen-bond acceptors (Lipinski definition) is 2. The average molecular weight is 881 g/mol. The first kappa shape index (κ1) is 43.1. The molecular weight excluding hydrogens is 841 g/mol. The topological polar surface area (TPSA) is 6.48 Å². The summed E-state index contributed by atoms with van der Waals surface area (Å²) in [5, 5.41) is 0. The van der Waals surface area contributed by atoms with Gasteiger partial charge in [-0.15, -0.1) is 0 Å². The summed E-state index contributed by atoms with van der Waals surface area (Å²) in [6.45, 7) is 10.8. The van der Waals surface area contributed by atoms with Crippen LogP contribution < -0.4 is 9.80 Å². The monoisotopic (exact) mass is 880 g/mol. The van der Waals surface area contributed by atoms with Crippen molar-refractivity contribution in [2.45, 2.75) is 47.0 Å². The number of nitrogens with zero attached hydrogens (tertiary/aromatic N) is 2. The highest BCUT2D eigenvalue weighted by atomic mass is 19.2. The van der Waals surface area contributed by atoms with Gasteiger partial charge in [0.2, 0.25) is 0 Å². The second kappa shape index (κ2) is 16.1.